The van der Waals surface area contributed by atoms with Crippen molar-refractivity contribution < 1.29 is 14.3 Å². The third kappa shape index (κ3) is 2.46. The SMILES string of the molecule is NC(=S)CCCN1C(=O)NC2(CCOCC2)C1=O. The minimum Gasteiger partial charge on any atom is -0.393 e. The molecule has 1 spiro atoms. The number of urea groups is 1. The Kier molecular flexibility index (Phi) is 3.82. The Morgan fingerprint density at radius 3 is 2.72 bits per heavy atom. The number of imide groups is 1. The van der Waals surface area contributed by atoms with Crippen molar-refractivity contribution in [1.29, 1.82) is 0 Å². The van der Waals surface area contributed by atoms with Crippen LogP contribution in [0.4, 0.5) is 4.79 Å². The van der Waals surface area contributed by atoms with Crippen molar-refractivity contribution in [2.75, 3.05) is 19.8 Å². The van der Waals surface area contributed by atoms with E-state index in [1.54, 1.807) is 0 Å². The quantitative estimate of drug-likeness (QED) is 0.562. The Bertz CT molecular complexity index is 380. The average Bonchev–Trinajstić information content (AvgIpc) is 2.54. The van der Waals surface area contributed by atoms with Crippen LogP contribution in [0.15, 0.2) is 0 Å². The van der Waals surface area contributed by atoms with Gasteiger partial charge in [0.1, 0.15) is 5.54 Å². The zero-order valence-electron chi connectivity index (χ0n) is 10.1. The summed E-state index contributed by atoms with van der Waals surface area (Å²) in [6.07, 6.45) is 2.25. The highest BCUT2D eigenvalue weighted by Gasteiger charge is 2.51. The first-order valence-electron chi connectivity index (χ1n) is 6.05. The standard InChI is InChI=1S/C11H17N3O3S/c12-8(18)2-1-5-14-9(15)11(13-10(14)16)3-6-17-7-4-11/h1-7H2,(H2,12,18)(H,13,16). The number of hydrogen-bond donors (Lipinski definition) is 2. The van der Waals surface area contributed by atoms with Crippen molar-refractivity contribution in [3.8, 4) is 0 Å². The Labute approximate surface area is 111 Å². The Morgan fingerprint density at radius 1 is 1.44 bits per heavy atom. The lowest BCUT2D eigenvalue weighted by atomic mass is 9.90. The van der Waals surface area contributed by atoms with Crippen LogP contribution in [0.25, 0.3) is 0 Å². The number of nitrogens with two attached hydrogens (primary N) is 1. The molecule has 2 aliphatic heterocycles. The molecule has 2 rings (SSSR count). The summed E-state index contributed by atoms with van der Waals surface area (Å²) in [5, 5.41) is 2.80. The highest BCUT2D eigenvalue weighted by molar-refractivity contribution is 7.80. The van der Waals surface area contributed by atoms with Crippen LogP contribution in [-0.2, 0) is 9.53 Å². The fourth-order valence-electron chi connectivity index (χ4n) is 2.35. The van der Waals surface area contributed by atoms with Crippen molar-refractivity contribution >= 4 is 29.1 Å². The van der Waals surface area contributed by atoms with Crippen molar-refractivity contribution in [2.45, 2.75) is 31.2 Å². The summed E-state index contributed by atoms with van der Waals surface area (Å²) in [4.78, 5) is 25.8. The molecule has 18 heavy (non-hydrogen) atoms. The number of nitrogens with one attached hydrogen (secondary N) is 1. The third-order valence-corrected chi connectivity index (χ3v) is 3.60. The molecule has 2 fully saturated rings. The van der Waals surface area contributed by atoms with Gasteiger partial charge in [0.15, 0.2) is 0 Å². The monoisotopic (exact) mass is 271 g/mol. The first-order chi connectivity index (χ1) is 8.55. The van der Waals surface area contributed by atoms with E-state index in [1.165, 1.54) is 4.90 Å². The first kappa shape index (κ1) is 13.2. The van der Waals surface area contributed by atoms with E-state index in [9.17, 15) is 9.59 Å². The molecule has 7 heteroatoms. The van der Waals surface area contributed by atoms with E-state index >= 15 is 0 Å². The number of thiocarbonyl (C=S) groups is 1. The van der Waals surface area contributed by atoms with E-state index in [0.717, 1.165) is 0 Å². The van der Waals surface area contributed by atoms with Gasteiger partial charge in [0.05, 0.1) is 4.99 Å². The predicted octanol–water partition coefficient (Wildman–Crippen LogP) is 0.154. The smallest absolute Gasteiger partial charge is 0.325 e. The van der Waals surface area contributed by atoms with Crippen LogP contribution >= 0.6 is 12.2 Å². The molecule has 0 bridgehead atoms. The van der Waals surface area contributed by atoms with Crippen LogP contribution in [0.2, 0.25) is 0 Å². The number of hydrogen-bond acceptors (Lipinski definition) is 4. The van der Waals surface area contributed by atoms with Crippen LogP contribution in [0, 0.1) is 0 Å². The van der Waals surface area contributed by atoms with Crippen molar-refractivity contribution in [3.63, 3.8) is 0 Å². The fourth-order valence-corrected chi connectivity index (χ4v) is 2.49. The van der Waals surface area contributed by atoms with Crippen molar-refractivity contribution in [1.82, 2.24) is 10.2 Å². The fraction of sp³-hybridized carbons (Fsp3) is 0.727. The molecule has 6 nitrogen and oxygen atoms in total. The van der Waals surface area contributed by atoms with Gasteiger partial charge in [-0.1, -0.05) is 12.2 Å². The number of rotatable bonds is 4. The van der Waals surface area contributed by atoms with Gasteiger partial charge in [0.2, 0.25) is 0 Å². The minimum atomic E-state index is -0.738. The van der Waals surface area contributed by atoms with Gasteiger partial charge in [-0.25, -0.2) is 4.79 Å². The van der Waals surface area contributed by atoms with Crippen LogP contribution in [-0.4, -0.2) is 47.1 Å². The molecule has 3 N–H and O–H groups in total. The third-order valence-electron chi connectivity index (χ3n) is 3.40. The van der Waals surface area contributed by atoms with Crippen LogP contribution in [0.5, 0.6) is 0 Å². The number of ether oxygens (including phenoxy) is 1. The zero-order valence-corrected chi connectivity index (χ0v) is 10.9. The molecular weight excluding hydrogens is 254 g/mol. The predicted molar refractivity (Wildman–Crippen MR) is 69.0 cm³/mol. The molecule has 0 atom stereocenters. The number of carbonyl (C=O) groups is 2. The Morgan fingerprint density at radius 2 is 2.11 bits per heavy atom. The van der Waals surface area contributed by atoms with Crippen LogP contribution in [0.1, 0.15) is 25.7 Å². The maximum Gasteiger partial charge on any atom is 0.325 e. The van der Waals surface area contributed by atoms with Crippen LogP contribution < -0.4 is 11.1 Å². The van der Waals surface area contributed by atoms with Gasteiger partial charge in [-0.2, -0.15) is 0 Å². The molecule has 0 radical (unpaired) electrons. The van der Waals surface area contributed by atoms with E-state index in [2.05, 4.69) is 5.32 Å². The maximum atomic E-state index is 12.3. The first-order valence-corrected chi connectivity index (χ1v) is 6.46. The van der Waals surface area contributed by atoms with Gasteiger partial charge in [0.25, 0.3) is 5.91 Å². The summed E-state index contributed by atoms with van der Waals surface area (Å²) in [5.74, 6) is -0.140. The van der Waals surface area contributed by atoms with Gasteiger partial charge in [-0.3, -0.25) is 9.69 Å². The van der Waals surface area contributed by atoms with E-state index in [4.69, 9.17) is 22.7 Å². The molecule has 0 saturated carbocycles. The maximum absolute atomic E-state index is 12.3. The molecular formula is C11H17N3O3S. The van der Waals surface area contributed by atoms with E-state index < -0.39 is 5.54 Å². The lowest BCUT2D eigenvalue weighted by molar-refractivity contribution is -0.134. The van der Waals surface area contributed by atoms with Gasteiger partial charge in [-0.15, -0.1) is 0 Å². The summed E-state index contributed by atoms with van der Waals surface area (Å²) in [6.45, 7) is 1.38. The zero-order chi connectivity index (χ0) is 13.2. The normalized spacial score (nSPS) is 22.3. The van der Waals surface area contributed by atoms with Crippen molar-refractivity contribution in [3.05, 3.63) is 0 Å². The molecule has 3 amide bonds. The molecule has 0 aliphatic carbocycles. The summed E-state index contributed by atoms with van der Waals surface area (Å²) in [6, 6.07) is -0.315. The largest absolute Gasteiger partial charge is 0.393 e. The van der Waals surface area contributed by atoms with Crippen molar-refractivity contribution in [2.24, 2.45) is 5.73 Å². The van der Waals surface area contributed by atoms with Gasteiger partial charge < -0.3 is 15.8 Å². The van der Waals surface area contributed by atoms with Gasteiger partial charge in [0, 0.05) is 32.6 Å². The molecule has 2 saturated heterocycles. The molecule has 0 unspecified atom stereocenters. The van der Waals surface area contributed by atoms with E-state index in [0.29, 0.717) is 50.4 Å². The molecule has 0 aromatic heterocycles. The second-order valence-electron chi connectivity index (χ2n) is 4.65. The molecule has 2 aliphatic rings. The average molecular weight is 271 g/mol. The summed E-state index contributed by atoms with van der Waals surface area (Å²) in [5.41, 5.74) is 4.66. The highest BCUT2D eigenvalue weighted by atomic mass is 32.1. The highest BCUT2D eigenvalue weighted by Crippen LogP contribution is 2.28. The Balaban J connectivity index is 1.98. The van der Waals surface area contributed by atoms with Crippen LogP contribution in [0.3, 0.4) is 0 Å². The Hall–Kier alpha value is -1.21. The topological polar surface area (TPSA) is 84.7 Å². The van der Waals surface area contributed by atoms with Gasteiger partial charge in [-0.05, 0) is 12.8 Å². The number of nitrogens with zero attached hydrogens (tertiary/aromatic N) is 1. The summed E-state index contributed by atoms with van der Waals surface area (Å²) in [7, 11) is 0. The molecule has 0 aromatic rings. The van der Waals surface area contributed by atoms with E-state index in [-0.39, 0.29) is 11.9 Å². The lowest BCUT2D eigenvalue weighted by Gasteiger charge is -2.30. The molecule has 0 aromatic carbocycles. The number of carbonyl (C=O) groups excluding carboxylic acids is 2. The molecule has 100 valence electrons. The van der Waals surface area contributed by atoms with E-state index in [1.807, 2.05) is 0 Å². The number of amides is 3. The van der Waals surface area contributed by atoms with Gasteiger partial charge >= 0.3 is 6.03 Å². The second kappa shape index (κ2) is 5.19. The lowest BCUT2D eigenvalue weighted by Crippen LogP contribution is -2.51. The summed E-state index contributed by atoms with van der Waals surface area (Å²) < 4.78 is 5.23. The summed E-state index contributed by atoms with van der Waals surface area (Å²) >= 11 is 4.77. The minimum absolute atomic E-state index is 0.140. The molecule has 2 heterocycles. The second-order valence-corrected chi connectivity index (χ2v) is 5.18.